The lowest BCUT2D eigenvalue weighted by Gasteiger charge is -2.22. The Bertz CT molecular complexity index is 509. The summed E-state index contributed by atoms with van der Waals surface area (Å²) < 4.78 is 11.0. The van der Waals surface area contributed by atoms with Crippen LogP contribution in [0.4, 0.5) is 0 Å². The second-order valence-electron chi connectivity index (χ2n) is 6.36. The van der Waals surface area contributed by atoms with E-state index in [9.17, 15) is 4.79 Å². The Kier molecular flexibility index (Phi) is 6.90. The normalized spacial score (nSPS) is 16.8. The van der Waals surface area contributed by atoms with Crippen molar-refractivity contribution < 1.29 is 14.3 Å². The molecule has 4 heteroatoms. The van der Waals surface area contributed by atoms with Crippen molar-refractivity contribution in [2.45, 2.75) is 52.5 Å². The smallest absolute Gasteiger partial charge is 0.220 e. The van der Waals surface area contributed by atoms with E-state index in [-0.39, 0.29) is 11.9 Å². The van der Waals surface area contributed by atoms with E-state index in [1.165, 1.54) is 5.56 Å². The van der Waals surface area contributed by atoms with Crippen LogP contribution in [0.15, 0.2) is 18.2 Å². The van der Waals surface area contributed by atoms with Crippen molar-refractivity contribution in [3.05, 3.63) is 29.3 Å². The molecule has 128 valence electrons. The van der Waals surface area contributed by atoms with Crippen molar-refractivity contribution in [2.75, 3.05) is 19.8 Å². The van der Waals surface area contributed by atoms with Gasteiger partial charge in [0.1, 0.15) is 5.75 Å². The van der Waals surface area contributed by atoms with Gasteiger partial charge in [-0.3, -0.25) is 4.79 Å². The summed E-state index contributed by atoms with van der Waals surface area (Å²) >= 11 is 0. The molecule has 1 aliphatic rings. The van der Waals surface area contributed by atoms with Crippen LogP contribution in [0.5, 0.6) is 5.75 Å². The van der Waals surface area contributed by atoms with Crippen molar-refractivity contribution in [1.29, 1.82) is 0 Å². The number of amides is 1. The summed E-state index contributed by atoms with van der Waals surface area (Å²) in [6, 6.07) is 6.07. The molecular formula is C19H29NO3. The Labute approximate surface area is 139 Å². The number of benzene rings is 1. The summed E-state index contributed by atoms with van der Waals surface area (Å²) in [5.74, 6) is 1.60. The Morgan fingerprint density at radius 3 is 2.83 bits per heavy atom. The molecule has 0 radical (unpaired) electrons. The van der Waals surface area contributed by atoms with Gasteiger partial charge in [-0.15, -0.1) is 0 Å². The molecule has 1 fully saturated rings. The molecule has 0 spiro atoms. The highest BCUT2D eigenvalue weighted by molar-refractivity contribution is 5.76. The molecular weight excluding hydrogens is 290 g/mol. The molecule has 1 heterocycles. The standard InChI is InChI=1S/C19H29NO3/c1-4-23-18-7-5-14(2)13-17(18)15(3)20-19(21)8-6-16-9-11-22-12-10-16/h5,7,13,15-16H,4,6,8-12H2,1-3H3,(H,20,21). The zero-order chi connectivity index (χ0) is 16.7. The summed E-state index contributed by atoms with van der Waals surface area (Å²) in [4.78, 5) is 12.2. The molecule has 0 bridgehead atoms. The fourth-order valence-corrected chi connectivity index (χ4v) is 3.05. The van der Waals surface area contributed by atoms with Crippen LogP contribution in [-0.4, -0.2) is 25.7 Å². The van der Waals surface area contributed by atoms with E-state index < -0.39 is 0 Å². The summed E-state index contributed by atoms with van der Waals surface area (Å²) in [6.07, 6.45) is 3.70. The van der Waals surface area contributed by atoms with Crippen molar-refractivity contribution in [2.24, 2.45) is 5.92 Å². The quantitative estimate of drug-likeness (QED) is 0.832. The number of hydrogen-bond donors (Lipinski definition) is 1. The zero-order valence-electron chi connectivity index (χ0n) is 14.6. The second kappa shape index (κ2) is 8.92. The van der Waals surface area contributed by atoms with Crippen LogP contribution in [-0.2, 0) is 9.53 Å². The fraction of sp³-hybridized carbons (Fsp3) is 0.632. The lowest BCUT2D eigenvalue weighted by atomic mass is 9.94. The molecule has 1 aliphatic heterocycles. The lowest BCUT2D eigenvalue weighted by molar-refractivity contribution is -0.122. The Morgan fingerprint density at radius 1 is 1.39 bits per heavy atom. The summed E-state index contributed by atoms with van der Waals surface area (Å²) in [5, 5.41) is 3.11. The molecule has 1 aromatic rings. The number of carbonyl (C=O) groups is 1. The van der Waals surface area contributed by atoms with E-state index in [0.29, 0.717) is 18.9 Å². The van der Waals surface area contributed by atoms with Crippen LogP contribution in [0, 0.1) is 12.8 Å². The maximum atomic E-state index is 12.2. The van der Waals surface area contributed by atoms with E-state index in [1.807, 2.05) is 26.0 Å². The minimum atomic E-state index is -0.0429. The van der Waals surface area contributed by atoms with Gasteiger partial charge in [0.05, 0.1) is 12.6 Å². The van der Waals surface area contributed by atoms with Gasteiger partial charge in [0.25, 0.3) is 0 Å². The lowest BCUT2D eigenvalue weighted by Crippen LogP contribution is -2.28. The molecule has 0 aromatic heterocycles. The van der Waals surface area contributed by atoms with E-state index >= 15 is 0 Å². The van der Waals surface area contributed by atoms with Crippen molar-refractivity contribution >= 4 is 5.91 Å². The van der Waals surface area contributed by atoms with Gasteiger partial charge in [-0.1, -0.05) is 17.7 Å². The van der Waals surface area contributed by atoms with Crippen molar-refractivity contribution in [1.82, 2.24) is 5.32 Å². The molecule has 0 aliphatic carbocycles. The van der Waals surface area contributed by atoms with Gasteiger partial charge in [0.15, 0.2) is 0 Å². The van der Waals surface area contributed by atoms with Crippen LogP contribution in [0.25, 0.3) is 0 Å². The number of hydrogen-bond acceptors (Lipinski definition) is 3. The topological polar surface area (TPSA) is 47.6 Å². The predicted octanol–water partition coefficient (Wildman–Crippen LogP) is 3.78. The number of nitrogens with one attached hydrogen (secondary N) is 1. The fourth-order valence-electron chi connectivity index (χ4n) is 3.05. The third kappa shape index (κ3) is 5.54. The number of rotatable bonds is 7. The zero-order valence-corrected chi connectivity index (χ0v) is 14.6. The minimum Gasteiger partial charge on any atom is -0.494 e. The van der Waals surface area contributed by atoms with Crippen LogP contribution in [0.2, 0.25) is 0 Å². The maximum Gasteiger partial charge on any atom is 0.220 e. The predicted molar refractivity (Wildman–Crippen MR) is 91.7 cm³/mol. The summed E-state index contributed by atoms with van der Waals surface area (Å²) in [7, 11) is 0. The third-order valence-corrected chi connectivity index (χ3v) is 4.43. The number of ether oxygens (including phenoxy) is 2. The average Bonchev–Trinajstić information content (AvgIpc) is 2.55. The van der Waals surface area contributed by atoms with Crippen LogP contribution >= 0.6 is 0 Å². The van der Waals surface area contributed by atoms with Crippen molar-refractivity contribution in [3.8, 4) is 5.75 Å². The molecule has 1 unspecified atom stereocenters. The highest BCUT2D eigenvalue weighted by Gasteiger charge is 2.18. The van der Waals surface area contributed by atoms with E-state index in [1.54, 1.807) is 0 Å². The molecule has 1 saturated heterocycles. The van der Waals surface area contributed by atoms with Gasteiger partial charge in [-0.25, -0.2) is 0 Å². The Balaban J connectivity index is 1.88. The first kappa shape index (κ1) is 17.8. The van der Waals surface area contributed by atoms with Crippen molar-refractivity contribution in [3.63, 3.8) is 0 Å². The first-order valence-electron chi connectivity index (χ1n) is 8.70. The molecule has 1 N–H and O–H groups in total. The van der Waals surface area contributed by atoms with Gasteiger partial charge in [-0.2, -0.15) is 0 Å². The van der Waals surface area contributed by atoms with E-state index in [2.05, 4.69) is 18.3 Å². The minimum absolute atomic E-state index is 0.0429. The number of carbonyl (C=O) groups excluding carboxylic acids is 1. The molecule has 1 amide bonds. The molecule has 4 nitrogen and oxygen atoms in total. The monoisotopic (exact) mass is 319 g/mol. The van der Waals surface area contributed by atoms with E-state index in [4.69, 9.17) is 9.47 Å². The first-order valence-corrected chi connectivity index (χ1v) is 8.70. The maximum absolute atomic E-state index is 12.2. The van der Waals surface area contributed by atoms with Gasteiger partial charge in [0, 0.05) is 25.2 Å². The van der Waals surface area contributed by atoms with Gasteiger partial charge in [-0.05, 0) is 52.0 Å². The largest absolute Gasteiger partial charge is 0.494 e. The van der Waals surface area contributed by atoms with Gasteiger partial charge < -0.3 is 14.8 Å². The highest BCUT2D eigenvalue weighted by Crippen LogP contribution is 2.27. The summed E-state index contributed by atoms with van der Waals surface area (Å²) in [5.41, 5.74) is 2.22. The van der Waals surface area contributed by atoms with Crippen LogP contribution in [0.1, 0.15) is 56.7 Å². The van der Waals surface area contributed by atoms with Gasteiger partial charge >= 0.3 is 0 Å². The van der Waals surface area contributed by atoms with Crippen LogP contribution in [0.3, 0.4) is 0 Å². The Hall–Kier alpha value is -1.55. The number of aryl methyl sites for hydroxylation is 1. The molecule has 1 atom stereocenters. The highest BCUT2D eigenvalue weighted by atomic mass is 16.5. The first-order chi connectivity index (χ1) is 11.1. The summed E-state index contributed by atoms with van der Waals surface area (Å²) in [6.45, 7) is 8.34. The molecule has 0 saturated carbocycles. The third-order valence-electron chi connectivity index (χ3n) is 4.43. The SMILES string of the molecule is CCOc1ccc(C)cc1C(C)NC(=O)CCC1CCOCC1. The average molecular weight is 319 g/mol. The van der Waals surface area contributed by atoms with E-state index in [0.717, 1.165) is 43.8 Å². The molecule has 23 heavy (non-hydrogen) atoms. The van der Waals surface area contributed by atoms with Gasteiger partial charge in [0.2, 0.25) is 5.91 Å². The second-order valence-corrected chi connectivity index (χ2v) is 6.36. The Morgan fingerprint density at radius 2 is 2.13 bits per heavy atom. The molecule has 1 aromatic carbocycles. The van der Waals surface area contributed by atoms with Crippen LogP contribution < -0.4 is 10.1 Å². The molecule has 2 rings (SSSR count).